The highest BCUT2D eigenvalue weighted by atomic mass is 35.5. The first-order valence-corrected chi connectivity index (χ1v) is 8.93. The predicted octanol–water partition coefficient (Wildman–Crippen LogP) is 3.48. The molecule has 0 aliphatic carbocycles. The first kappa shape index (κ1) is 18.8. The Hall–Kier alpha value is -1.56. The van der Waals surface area contributed by atoms with Gasteiger partial charge in [-0.15, -0.1) is 23.7 Å². The zero-order chi connectivity index (χ0) is 15.9. The molecule has 1 saturated heterocycles. The second-order valence-corrected chi connectivity index (χ2v) is 6.83. The van der Waals surface area contributed by atoms with Crippen molar-refractivity contribution in [1.29, 1.82) is 0 Å². The van der Waals surface area contributed by atoms with E-state index in [0.29, 0.717) is 18.1 Å². The second-order valence-electron chi connectivity index (χ2n) is 5.80. The average Bonchev–Trinajstić information content (AvgIpc) is 3.27. The summed E-state index contributed by atoms with van der Waals surface area (Å²) in [5, 5.41) is 8.38. The molecule has 2 N–H and O–H groups in total. The third-order valence-corrected chi connectivity index (χ3v) is 4.91. The zero-order valence-corrected chi connectivity index (χ0v) is 15.1. The number of hydrogen-bond acceptors (Lipinski definition) is 4. The van der Waals surface area contributed by atoms with Gasteiger partial charge in [-0.25, -0.2) is 0 Å². The fourth-order valence-electron chi connectivity index (χ4n) is 2.73. The first-order chi connectivity index (χ1) is 11.3. The van der Waals surface area contributed by atoms with Gasteiger partial charge in [-0.05, 0) is 61.5 Å². The van der Waals surface area contributed by atoms with E-state index in [1.54, 1.807) is 17.4 Å². The summed E-state index contributed by atoms with van der Waals surface area (Å²) < 4.78 is 5.75. The van der Waals surface area contributed by atoms with E-state index in [4.69, 9.17) is 4.74 Å². The van der Waals surface area contributed by atoms with E-state index in [0.717, 1.165) is 31.8 Å². The van der Waals surface area contributed by atoms with Gasteiger partial charge in [0.05, 0.1) is 0 Å². The highest BCUT2D eigenvalue weighted by Gasteiger charge is 2.14. The predicted molar refractivity (Wildman–Crippen MR) is 100 cm³/mol. The Balaban J connectivity index is 0.00000208. The van der Waals surface area contributed by atoms with Crippen molar-refractivity contribution < 1.29 is 9.53 Å². The molecule has 1 aromatic carbocycles. The van der Waals surface area contributed by atoms with Crippen LogP contribution < -0.4 is 15.4 Å². The third kappa shape index (κ3) is 5.51. The summed E-state index contributed by atoms with van der Waals surface area (Å²) in [6.07, 6.45) is 2.25. The molecule has 1 aromatic heterocycles. The largest absolute Gasteiger partial charge is 0.488 e. The molecule has 1 atom stereocenters. The molecule has 0 saturated carbocycles. The lowest BCUT2D eigenvalue weighted by Crippen LogP contribution is -2.26. The Morgan fingerprint density at radius 3 is 3.00 bits per heavy atom. The number of halogens is 1. The van der Waals surface area contributed by atoms with Crippen LogP contribution in [0, 0.1) is 5.92 Å². The Morgan fingerprint density at radius 1 is 1.33 bits per heavy atom. The molecule has 0 spiro atoms. The Bertz CT molecular complexity index is 628. The van der Waals surface area contributed by atoms with E-state index >= 15 is 0 Å². The molecule has 6 heteroatoms. The molecule has 2 heterocycles. The number of amides is 1. The minimum atomic E-state index is -0.0301. The fraction of sp³-hybridized carbons (Fsp3) is 0.389. The van der Waals surface area contributed by atoms with Gasteiger partial charge >= 0.3 is 0 Å². The van der Waals surface area contributed by atoms with Crippen LogP contribution in [0.5, 0.6) is 5.75 Å². The van der Waals surface area contributed by atoms with Gasteiger partial charge in [0.2, 0.25) is 0 Å². The van der Waals surface area contributed by atoms with Crippen LogP contribution in [0.2, 0.25) is 0 Å². The summed E-state index contributed by atoms with van der Waals surface area (Å²) in [7, 11) is 0. The molecule has 4 nitrogen and oxygen atoms in total. The number of hydrogen-bond donors (Lipinski definition) is 2. The minimum Gasteiger partial charge on any atom is -0.488 e. The third-order valence-electron chi connectivity index (χ3n) is 4.06. The smallest absolute Gasteiger partial charge is 0.251 e. The average molecular weight is 367 g/mol. The van der Waals surface area contributed by atoms with E-state index in [-0.39, 0.29) is 18.3 Å². The van der Waals surface area contributed by atoms with Crippen LogP contribution in [-0.4, -0.2) is 25.5 Å². The van der Waals surface area contributed by atoms with Crippen molar-refractivity contribution >= 4 is 29.7 Å². The van der Waals surface area contributed by atoms with Gasteiger partial charge in [-0.2, -0.15) is 0 Å². The van der Waals surface area contributed by atoms with Gasteiger partial charge in [-0.1, -0.05) is 12.1 Å². The van der Waals surface area contributed by atoms with Gasteiger partial charge in [0.25, 0.3) is 5.91 Å². The number of rotatable bonds is 7. The number of ether oxygens (including phenoxy) is 1. The van der Waals surface area contributed by atoms with Gasteiger partial charge in [0.15, 0.2) is 0 Å². The van der Waals surface area contributed by atoms with Crippen LogP contribution in [0.1, 0.15) is 28.1 Å². The van der Waals surface area contributed by atoms with Crippen LogP contribution in [0.25, 0.3) is 0 Å². The van der Waals surface area contributed by atoms with Crippen LogP contribution >= 0.6 is 23.7 Å². The summed E-state index contributed by atoms with van der Waals surface area (Å²) in [6.45, 7) is 3.44. The molecule has 1 fully saturated rings. The monoisotopic (exact) mass is 366 g/mol. The number of nitrogens with one attached hydrogen (secondary N) is 2. The van der Waals surface area contributed by atoms with Crippen molar-refractivity contribution in [1.82, 2.24) is 10.6 Å². The van der Waals surface area contributed by atoms with Gasteiger partial charge < -0.3 is 15.4 Å². The van der Waals surface area contributed by atoms with E-state index in [9.17, 15) is 4.79 Å². The van der Waals surface area contributed by atoms with Crippen LogP contribution in [0.15, 0.2) is 41.8 Å². The molecule has 2 aromatic rings. The maximum atomic E-state index is 12.2. The first-order valence-electron chi connectivity index (χ1n) is 8.05. The maximum absolute atomic E-state index is 12.2. The van der Waals surface area contributed by atoms with Crippen molar-refractivity contribution in [3.63, 3.8) is 0 Å². The molecular formula is C18H23ClN2O2S. The lowest BCUT2D eigenvalue weighted by atomic mass is 10.1. The molecule has 1 amide bonds. The molecular weight excluding hydrogens is 344 g/mol. The highest BCUT2D eigenvalue weighted by Crippen LogP contribution is 2.17. The number of benzene rings is 1. The number of carbonyl (C=O) groups is 1. The van der Waals surface area contributed by atoms with E-state index in [1.807, 2.05) is 35.7 Å². The van der Waals surface area contributed by atoms with Crippen LogP contribution in [0.4, 0.5) is 0 Å². The van der Waals surface area contributed by atoms with Crippen molar-refractivity contribution in [3.05, 3.63) is 52.2 Å². The summed E-state index contributed by atoms with van der Waals surface area (Å²) in [6, 6.07) is 11.4. The molecule has 1 aliphatic rings. The highest BCUT2D eigenvalue weighted by molar-refractivity contribution is 7.09. The standard InChI is InChI=1S/C18H22N2O2S.ClH/c21-18(20-9-7-14-6-8-19-12-14)15-3-1-4-16(11-15)22-13-17-5-2-10-23-17;/h1-5,10-11,14,19H,6-9,12-13H2,(H,20,21);1H. The SMILES string of the molecule is Cl.O=C(NCCC1CCNC1)c1cccc(OCc2cccs2)c1. The molecule has 0 radical (unpaired) electrons. The Kier molecular flexibility index (Phi) is 7.56. The summed E-state index contributed by atoms with van der Waals surface area (Å²) >= 11 is 1.67. The van der Waals surface area contributed by atoms with Crippen molar-refractivity contribution in [2.24, 2.45) is 5.92 Å². The molecule has 3 rings (SSSR count). The number of thiophene rings is 1. The van der Waals surface area contributed by atoms with E-state index < -0.39 is 0 Å². The normalized spacial score (nSPS) is 16.4. The topological polar surface area (TPSA) is 50.4 Å². The molecule has 1 aliphatic heterocycles. The molecule has 1 unspecified atom stereocenters. The number of carbonyl (C=O) groups excluding carboxylic acids is 1. The van der Waals surface area contributed by atoms with Crippen molar-refractivity contribution in [2.75, 3.05) is 19.6 Å². The quantitative estimate of drug-likeness (QED) is 0.788. The zero-order valence-electron chi connectivity index (χ0n) is 13.5. The Morgan fingerprint density at radius 2 is 2.25 bits per heavy atom. The lowest BCUT2D eigenvalue weighted by molar-refractivity contribution is 0.0951. The van der Waals surface area contributed by atoms with Crippen LogP contribution in [-0.2, 0) is 6.61 Å². The Labute approximate surface area is 153 Å². The molecule has 24 heavy (non-hydrogen) atoms. The van der Waals surface area contributed by atoms with Crippen LogP contribution in [0.3, 0.4) is 0 Å². The second kappa shape index (κ2) is 9.67. The van der Waals surface area contributed by atoms with Gasteiger partial charge in [0.1, 0.15) is 12.4 Å². The van der Waals surface area contributed by atoms with E-state index in [2.05, 4.69) is 10.6 Å². The lowest BCUT2D eigenvalue weighted by Gasteiger charge is -2.10. The van der Waals surface area contributed by atoms with E-state index in [1.165, 1.54) is 11.3 Å². The minimum absolute atomic E-state index is 0. The summed E-state index contributed by atoms with van der Waals surface area (Å²) in [5.74, 6) is 1.39. The van der Waals surface area contributed by atoms with Gasteiger partial charge in [-0.3, -0.25) is 4.79 Å². The maximum Gasteiger partial charge on any atom is 0.251 e. The fourth-order valence-corrected chi connectivity index (χ4v) is 3.35. The summed E-state index contributed by atoms with van der Waals surface area (Å²) in [4.78, 5) is 13.4. The van der Waals surface area contributed by atoms with Crippen molar-refractivity contribution in [2.45, 2.75) is 19.4 Å². The molecule has 0 bridgehead atoms. The molecule has 130 valence electrons. The summed E-state index contributed by atoms with van der Waals surface area (Å²) in [5.41, 5.74) is 0.651. The van der Waals surface area contributed by atoms with Crippen molar-refractivity contribution in [3.8, 4) is 5.75 Å². The van der Waals surface area contributed by atoms with Gasteiger partial charge in [0, 0.05) is 17.0 Å².